The molecule has 0 aromatic heterocycles. The summed E-state index contributed by atoms with van der Waals surface area (Å²) >= 11 is 5.80. The van der Waals surface area contributed by atoms with Crippen molar-refractivity contribution in [2.75, 3.05) is 19.7 Å². The highest BCUT2D eigenvalue weighted by atomic mass is 35.5. The average molecular weight is 323 g/mol. The highest BCUT2D eigenvalue weighted by Crippen LogP contribution is 2.24. The fourth-order valence-corrected chi connectivity index (χ4v) is 2.20. The van der Waals surface area contributed by atoms with Gasteiger partial charge in [0, 0.05) is 12.6 Å². The Bertz CT molecular complexity index is 454. The quantitative estimate of drug-likeness (QED) is 0.893. The maximum Gasteiger partial charge on any atom is 0.258 e. The van der Waals surface area contributed by atoms with Crippen LogP contribution in [0.15, 0.2) is 18.2 Å². The van der Waals surface area contributed by atoms with Crippen LogP contribution in [0.3, 0.4) is 0 Å². The predicted octanol–water partition coefficient (Wildman–Crippen LogP) is 2.15. The summed E-state index contributed by atoms with van der Waals surface area (Å²) in [5, 5.41) is 6.25. The van der Waals surface area contributed by atoms with E-state index in [1.165, 1.54) is 12.1 Å². The van der Waals surface area contributed by atoms with Gasteiger partial charge < -0.3 is 15.4 Å². The first kappa shape index (κ1) is 17.0. The SMILES string of the molecule is Cl.O=C(COc1ccc(F)cc1Cl)NC1CCCNC1. The fraction of sp³-hybridized carbons (Fsp3) is 0.462. The minimum Gasteiger partial charge on any atom is -0.482 e. The Morgan fingerprint density at radius 1 is 1.55 bits per heavy atom. The van der Waals surface area contributed by atoms with Gasteiger partial charge in [0.15, 0.2) is 6.61 Å². The van der Waals surface area contributed by atoms with Crippen LogP contribution in [0.2, 0.25) is 5.02 Å². The summed E-state index contributed by atoms with van der Waals surface area (Å²) in [6.45, 7) is 1.65. The normalized spacial score (nSPS) is 18.0. The summed E-state index contributed by atoms with van der Waals surface area (Å²) < 4.78 is 18.1. The first-order valence-corrected chi connectivity index (χ1v) is 6.61. The first-order valence-electron chi connectivity index (χ1n) is 6.23. The molecule has 1 amide bonds. The summed E-state index contributed by atoms with van der Waals surface area (Å²) in [5.41, 5.74) is 0. The van der Waals surface area contributed by atoms with Gasteiger partial charge in [-0.25, -0.2) is 4.39 Å². The molecule has 1 aliphatic heterocycles. The zero-order chi connectivity index (χ0) is 13.7. The van der Waals surface area contributed by atoms with E-state index in [2.05, 4.69) is 10.6 Å². The second-order valence-corrected chi connectivity index (χ2v) is 4.88. The largest absolute Gasteiger partial charge is 0.482 e. The van der Waals surface area contributed by atoms with Gasteiger partial charge in [-0.1, -0.05) is 11.6 Å². The molecular formula is C13H17Cl2FN2O2. The van der Waals surface area contributed by atoms with E-state index in [0.717, 1.165) is 32.0 Å². The molecule has 1 aliphatic rings. The molecule has 1 heterocycles. The molecule has 1 aromatic carbocycles. The van der Waals surface area contributed by atoms with Crippen molar-refractivity contribution in [1.29, 1.82) is 0 Å². The van der Waals surface area contributed by atoms with Crippen molar-refractivity contribution in [3.05, 3.63) is 29.0 Å². The maximum atomic E-state index is 12.8. The molecule has 1 unspecified atom stereocenters. The van der Waals surface area contributed by atoms with E-state index in [-0.39, 0.29) is 36.0 Å². The third-order valence-corrected chi connectivity index (χ3v) is 3.21. The Hall–Kier alpha value is -1.04. The van der Waals surface area contributed by atoms with Gasteiger partial charge in [-0.05, 0) is 37.6 Å². The second kappa shape index (κ2) is 8.29. The fourth-order valence-electron chi connectivity index (χ4n) is 1.98. The van der Waals surface area contributed by atoms with Crippen molar-refractivity contribution >= 4 is 29.9 Å². The molecule has 1 aromatic rings. The van der Waals surface area contributed by atoms with Crippen LogP contribution in [-0.4, -0.2) is 31.6 Å². The number of amides is 1. The van der Waals surface area contributed by atoms with Gasteiger partial charge in [0.05, 0.1) is 5.02 Å². The lowest BCUT2D eigenvalue weighted by molar-refractivity contribution is -0.123. The standard InChI is InChI=1S/C13H16ClFN2O2.ClH/c14-11-6-9(15)3-4-12(11)19-8-13(18)17-10-2-1-5-16-7-10;/h3-4,6,10,16H,1-2,5,7-8H2,(H,17,18);1H. The summed E-state index contributed by atoms with van der Waals surface area (Å²) in [6, 6.07) is 3.95. The van der Waals surface area contributed by atoms with Crippen LogP contribution in [-0.2, 0) is 4.79 Å². The Labute approximate surface area is 128 Å². The van der Waals surface area contributed by atoms with Crippen LogP contribution in [0.1, 0.15) is 12.8 Å². The molecule has 0 aliphatic carbocycles. The van der Waals surface area contributed by atoms with Crippen molar-refractivity contribution in [2.45, 2.75) is 18.9 Å². The predicted molar refractivity (Wildman–Crippen MR) is 78.2 cm³/mol. The molecule has 0 saturated carbocycles. The van der Waals surface area contributed by atoms with Crippen LogP contribution in [0.5, 0.6) is 5.75 Å². The van der Waals surface area contributed by atoms with E-state index < -0.39 is 5.82 Å². The van der Waals surface area contributed by atoms with Crippen molar-refractivity contribution in [3.8, 4) is 5.75 Å². The number of rotatable bonds is 4. The van der Waals surface area contributed by atoms with Gasteiger partial charge in [-0.15, -0.1) is 12.4 Å². The zero-order valence-corrected chi connectivity index (χ0v) is 12.4. The number of ether oxygens (including phenoxy) is 1. The minimum absolute atomic E-state index is 0. The molecule has 1 fully saturated rings. The van der Waals surface area contributed by atoms with Crippen molar-refractivity contribution in [3.63, 3.8) is 0 Å². The van der Waals surface area contributed by atoms with Crippen LogP contribution < -0.4 is 15.4 Å². The van der Waals surface area contributed by atoms with E-state index >= 15 is 0 Å². The number of carbonyl (C=O) groups excluding carboxylic acids is 1. The minimum atomic E-state index is -0.435. The van der Waals surface area contributed by atoms with Crippen LogP contribution >= 0.6 is 24.0 Å². The lowest BCUT2D eigenvalue weighted by atomic mass is 10.1. The molecule has 1 saturated heterocycles. The number of hydrogen-bond donors (Lipinski definition) is 2. The molecule has 7 heteroatoms. The van der Waals surface area contributed by atoms with Gasteiger partial charge in [0.25, 0.3) is 5.91 Å². The Balaban J connectivity index is 0.00000200. The van der Waals surface area contributed by atoms with Gasteiger partial charge in [0.2, 0.25) is 0 Å². The van der Waals surface area contributed by atoms with E-state index in [1.807, 2.05) is 0 Å². The van der Waals surface area contributed by atoms with E-state index in [9.17, 15) is 9.18 Å². The average Bonchev–Trinajstić information content (AvgIpc) is 2.39. The number of carbonyl (C=O) groups is 1. The van der Waals surface area contributed by atoms with E-state index in [1.54, 1.807) is 0 Å². The van der Waals surface area contributed by atoms with Gasteiger partial charge in [0.1, 0.15) is 11.6 Å². The molecule has 2 rings (SSSR count). The molecular weight excluding hydrogens is 306 g/mol. The zero-order valence-electron chi connectivity index (χ0n) is 10.8. The summed E-state index contributed by atoms with van der Waals surface area (Å²) in [5.74, 6) is -0.329. The van der Waals surface area contributed by atoms with Gasteiger partial charge in [-0.3, -0.25) is 4.79 Å². The third kappa shape index (κ3) is 5.15. The number of benzene rings is 1. The highest BCUT2D eigenvalue weighted by Gasteiger charge is 2.15. The number of piperidine rings is 1. The van der Waals surface area contributed by atoms with Gasteiger partial charge >= 0.3 is 0 Å². The van der Waals surface area contributed by atoms with Crippen LogP contribution in [0, 0.1) is 5.82 Å². The molecule has 0 spiro atoms. The van der Waals surface area contributed by atoms with Crippen molar-refractivity contribution in [2.24, 2.45) is 0 Å². The monoisotopic (exact) mass is 322 g/mol. The van der Waals surface area contributed by atoms with Crippen molar-refractivity contribution in [1.82, 2.24) is 10.6 Å². The van der Waals surface area contributed by atoms with E-state index in [0.29, 0.717) is 5.75 Å². The molecule has 1 atom stereocenters. The highest BCUT2D eigenvalue weighted by molar-refractivity contribution is 6.32. The molecule has 20 heavy (non-hydrogen) atoms. The Morgan fingerprint density at radius 3 is 3.00 bits per heavy atom. The molecule has 2 N–H and O–H groups in total. The lowest BCUT2D eigenvalue weighted by Gasteiger charge is -2.23. The number of nitrogens with one attached hydrogen (secondary N) is 2. The molecule has 4 nitrogen and oxygen atoms in total. The lowest BCUT2D eigenvalue weighted by Crippen LogP contribution is -2.47. The maximum absolute atomic E-state index is 12.8. The summed E-state index contributed by atoms with van der Waals surface area (Å²) in [7, 11) is 0. The number of halogens is 3. The van der Waals surface area contributed by atoms with Gasteiger partial charge in [-0.2, -0.15) is 0 Å². The summed E-state index contributed by atoms with van der Waals surface area (Å²) in [4.78, 5) is 11.7. The first-order chi connectivity index (χ1) is 9.15. The number of hydrogen-bond acceptors (Lipinski definition) is 3. The van der Waals surface area contributed by atoms with Crippen molar-refractivity contribution < 1.29 is 13.9 Å². The van der Waals surface area contributed by atoms with Crippen LogP contribution in [0.25, 0.3) is 0 Å². The Kier molecular flexibility index (Phi) is 7.05. The Morgan fingerprint density at radius 2 is 2.35 bits per heavy atom. The smallest absolute Gasteiger partial charge is 0.258 e. The molecule has 0 radical (unpaired) electrons. The molecule has 0 bridgehead atoms. The topological polar surface area (TPSA) is 50.4 Å². The second-order valence-electron chi connectivity index (χ2n) is 4.47. The van der Waals surface area contributed by atoms with E-state index in [4.69, 9.17) is 16.3 Å². The summed E-state index contributed by atoms with van der Waals surface area (Å²) in [6.07, 6.45) is 2.02. The third-order valence-electron chi connectivity index (χ3n) is 2.91. The molecule has 112 valence electrons. The van der Waals surface area contributed by atoms with Crippen LogP contribution in [0.4, 0.5) is 4.39 Å².